The van der Waals surface area contributed by atoms with Crippen molar-refractivity contribution in [2.45, 2.75) is 6.18 Å². The van der Waals surface area contributed by atoms with Gasteiger partial charge in [-0.15, -0.1) is 0 Å². The van der Waals surface area contributed by atoms with Gasteiger partial charge in [-0.3, -0.25) is 10.2 Å². The first-order valence-electron chi connectivity index (χ1n) is 7.85. The Bertz CT molecular complexity index is 1150. The lowest BCUT2D eigenvalue weighted by atomic mass is 10.1. The first-order chi connectivity index (χ1) is 13.6. The Balaban J connectivity index is 1.73. The number of alkyl halides is 3. The summed E-state index contributed by atoms with van der Waals surface area (Å²) in [5.41, 5.74) is 0.938. The molecule has 0 saturated heterocycles. The number of hydrogen-bond acceptors (Lipinski definition) is 4. The average molecular weight is 458 g/mol. The van der Waals surface area contributed by atoms with E-state index in [4.69, 9.17) is 28.6 Å². The van der Waals surface area contributed by atoms with E-state index in [2.05, 4.69) is 10.1 Å². The molecule has 1 amide bonds. The van der Waals surface area contributed by atoms with Gasteiger partial charge in [-0.2, -0.15) is 28.3 Å². The normalized spacial score (nSPS) is 18.2. The third-order valence-corrected chi connectivity index (χ3v) is 5.64. The number of fused-ring (bicyclic) bond motifs is 1. The molecule has 1 aromatic heterocycles. The lowest BCUT2D eigenvalue weighted by Gasteiger charge is -2.20. The number of thioether (sulfide) groups is 1. The second-order valence-corrected chi connectivity index (χ2v) is 7.59. The Morgan fingerprint density at radius 2 is 1.93 bits per heavy atom. The van der Waals surface area contributed by atoms with E-state index in [0.717, 1.165) is 0 Å². The second-order valence-electron chi connectivity index (χ2n) is 5.82. The minimum Gasteiger partial charge on any atom is -0.317 e. The molecule has 4 rings (SSSR count). The number of nitrogens with one attached hydrogen (secondary N) is 1. The van der Waals surface area contributed by atoms with Crippen molar-refractivity contribution in [3.05, 3.63) is 57.8 Å². The molecule has 148 valence electrons. The van der Waals surface area contributed by atoms with Gasteiger partial charge in [-0.1, -0.05) is 23.2 Å². The monoisotopic (exact) mass is 457 g/mol. The summed E-state index contributed by atoms with van der Waals surface area (Å²) in [5, 5.41) is 11.5. The molecule has 0 bridgehead atoms. The van der Waals surface area contributed by atoms with Gasteiger partial charge in [0.1, 0.15) is 0 Å². The molecule has 3 heterocycles. The maximum Gasteiger partial charge on any atom is 0.441 e. The largest absolute Gasteiger partial charge is 0.441 e. The summed E-state index contributed by atoms with van der Waals surface area (Å²) >= 11 is 12.2. The lowest BCUT2D eigenvalue weighted by molar-refractivity contribution is -0.114. The van der Waals surface area contributed by atoms with Crippen molar-refractivity contribution in [1.29, 1.82) is 5.41 Å². The number of nitrogens with zero attached hydrogens (tertiary/aromatic N) is 4. The zero-order valence-corrected chi connectivity index (χ0v) is 16.4. The number of hydrogen-bond donors (Lipinski definition) is 1. The molecule has 2 aromatic rings. The third kappa shape index (κ3) is 3.59. The van der Waals surface area contributed by atoms with Crippen molar-refractivity contribution >= 4 is 63.0 Å². The molecule has 0 fully saturated rings. The molecule has 1 aromatic carbocycles. The summed E-state index contributed by atoms with van der Waals surface area (Å²) in [5.74, 6) is -1.32. The smallest absolute Gasteiger partial charge is 0.317 e. The summed E-state index contributed by atoms with van der Waals surface area (Å²) in [6.07, 6.45) is -1.64. The van der Waals surface area contributed by atoms with Gasteiger partial charge in [0.25, 0.3) is 5.91 Å². The van der Waals surface area contributed by atoms with Gasteiger partial charge in [-0.25, -0.2) is 0 Å². The highest BCUT2D eigenvalue weighted by atomic mass is 35.5. The van der Waals surface area contributed by atoms with Gasteiger partial charge in [-0.05, 0) is 48.2 Å². The minimum atomic E-state index is -4.69. The number of amidine groups is 2. The predicted molar refractivity (Wildman–Crippen MR) is 107 cm³/mol. The standard InChI is InChI=1S/C17H8Cl2F3N5OS/c18-11-4-3-9(7-12(11)19)26-5-1-2-8(26)6-10-13(23)27-16(24-14(10)28)29-15(25-27)17(20,21)22/h1-7,23H/b10-6-,23-13?. The Kier molecular flexibility index (Phi) is 4.80. The van der Waals surface area contributed by atoms with E-state index >= 15 is 0 Å². The van der Waals surface area contributed by atoms with Crippen LogP contribution in [-0.4, -0.2) is 37.7 Å². The number of carbonyl (C=O) groups is 1. The summed E-state index contributed by atoms with van der Waals surface area (Å²) in [6.45, 7) is 0. The Labute approximate surface area is 175 Å². The van der Waals surface area contributed by atoms with E-state index in [0.29, 0.717) is 26.4 Å². The number of aliphatic imine (C=N–C) groups is 1. The number of amides is 1. The molecule has 0 saturated carbocycles. The third-order valence-electron chi connectivity index (χ3n) is 3.95. The van der Waals surface area contributed by atoms with Crippen LogP contribution in [0.4, 0.5) is 13.2 Å². The molecular formula is C17H8Cl2F3N5OS. The van der Waals surface area contributed by atoms with Gasteiger partial charge in [0.15, 0.2) is 5.84 Å². The summed E-state index contributed by atoms with van der Waals surface area (Å²) in [4.78, 5) is 16.0. The van der Waals surface area contributed by atoms with Crippen LogP contribution in [0, 0.1) is 5.41 Å². The van der Waals surface area contributed by atoms with Crippen molar-refractivity contribution in [2.24, 2.45) is 10.1 Å². The van der Waals surface area contributed by atoms with Gasteiger partial charge < -0.3 is 4.57 Å². The second kappa shape index (κ2) is 7.05. The molecular weight excluding hydrogens is 450 g/mol. The van der Waals surface area contributed by atoms with Crippen molar-refractivity contribution < 1.29 is 18.0 Å². The van der Waals surface area contributed by atoms with Crippen molar-refractivity contribution in [3.63, 3.8) is 0 Å². The molecule has 0 radical (unpaired) electrons. The van der Waals surface area contributed by atoms with Crippen LogP contribution in [0.3, 0.4) is 0 Å². The fourth-order valence-corrected chi connectivity index (χ4v) is 3.69. The summed E-state index contributed by atoms with van der Waals surface area (Å²) in [6, 6.07) is 8.30. The number of aromatic nitrogens is 1. The zero-order valence-electron chi connectivity index (χ0n) is 14.0. The zero-order chi connectivity index (χ0) is 20.9. The van der Waals surface area contributed by atoms with Crippen LogP contribution in [0.15, 0.2) is 52.2 Å². The number of hydrazone groups is 1. The predicted octanol–water partition coefficient (Wildman–Crippen LogP) is 4.97. The van der Waals surface area contributed by atoms with E-state index in [1.54, 1.807) is 41.1 Å². The lowest BCUT2D eigenvalue weighted by Crippen LogP contribution is -2.35. The van der Waals surface area contributed by atoms with Crippen LogP contribution < -0.4 is 0 Å². The number of halogens is 5. The first-order valence-corrected chi connectivity index (χ1v) is 9.42. The Morgan fingerprint density at radius 1 is 1.17 bits per heavy atom. The van der Waals surface area contributed by atoms with Crippen LogP contribution in [0.5, 0.6) is 0 Å². The van der Waals surface area contributed by atoms with Gasteiger partial charge in [0, 0.05) is 17.6 Å². The fraction of sp³-hybridized carbons (Fsp3) is 0.0588. The molecule has 0 unspecified atom stereocenters. The molecule has 0 spiro atoms. The van der Waals surface area contributed by atoms with E-state index in [-0.39, 0.29) is 22.5 Å². The van der Waals surface area contributed by atoms with Crippen molar-refractivity contribution in [2.75, 3.05) is 0 Å². The highest BCUT2D eigenvalue weighted by Gasteiger charge is 2.46. The molecule has 29 heavy (non-hydrogen) atoms. The maximum absolute atomic E-state index is 12.9. The van der Waals surface area contributed by atoms with E-state index in [1.165, 1.54) is 6.08 Å². The molecule has 2 aliphatic heterocycles. The van der Waals surface area contributed by atoms with E-state index in [1.807, 2.05) is 0 Å². The summed E-state index contributed by atoms with van der Waals surface area (Å²) < 4.78 is 40.4. The number of rotatable bonds is 2. The van der Waals surface area contributed by atoms with E-state index in [9.17, 15) is 18.0 Å². The first kappa shape index (κ1) is 19.7. The van der Waals surface area contributed by atoms with Crippen molar-refractivity contribution in [3.8, 4) is 5.69 Å². The molecule has 0 aliphatic carbocycles. The Hall–Kier alpha value is -2.56. The van der Waals surface area contributed by atoms with Crippen LogP contribution >= 0.6 is 35.0 Å². The van der Waals surface area contributed by atoms with Crippen LogP contribution in [0.1, 0.15) is 5.69 Å². The number of carbonyl (C=O) groups excluding carboxylic acids is 1. The van der Waals surface area contributed by atoms with Crippen LogP contribution in [0.25, 0.3) is 11.8 Å². The molecule has 0 atom stereocenters. The van der Waals surface area contributed by atoms with E-state index < -0.39 is 23.0 Å². The highest BCUT2D eigenvalue weighted by molar-refractivity contribution is 8.27. The van der Waals surface area contributed by atoms with Crippen LogP contribution in [0.2, 0.25) is 10.0 Å². The fourth-order valence-electron chi connectivity index (χ4n) is 2.64. The van der Waals surface area contributed by atoms with Crippen LogP contribution in [-0.2, 0) is 4.79 Å². The average Bonchev–Trinajstić information content (AvgIpc) is 3.27. The topological polar surface area (TPSA) is 73.8 Å². The SMILES string of the molecule is N=C1/C(=C/c2cccn2-c2ccc(Cl)c(Cl)c2)C(=O)N=C2SC(C(F)(F)F)=NN12. The minimum absolute atomic E-state index is 0.193. The van der Waals surface area contributed by atoms with Crippen molar-refractivity contribution in [1.82, 2.24) is 9.58 Å². The maximum atomic E-state index is 12.9. The van der Waals surface area contributed by atoms with Gasteiger partial charge >= 0.3 is 6.18 Å². The number of benzene rings is 1. The van der Waals surface area contributed by atoms with Gasteiger partial charge in [0.2, 0.25) is 10.2 Å². The molecule has 1 N–H and O–H groups in total. The summed E-state index contributed by atoms with van der Waals surface area (Å²) in [7, 11) is 0. The quantitative estimate of drug-likeness (QED) is 0.647. The van der Waals surface area contributed by atoms with Gasteiger partial charge in [0.05, 0.1) is 15.6 Å². The molecule has 6 nitrogen and oxygen atoms in total. The Morgan fingerprint density at radius 3 is 2.62 bits per heavy atom. The highest BCUT2D eigenvalue weighted by Crippen LogP contribution is 2.35. The molecule has 12 heteroatoms. The molecule has 2 aliphatic rings.